The third kappa shape index (κ3) is 5.30. The molecule has 3 saturated heterocycles. The zero-order valence-corrected chi connectivity index (χ0v) is 24.9. The number of piperidine rings is 2. The number of carbonyl (C=O) groups excluding carboxylic acids is 1. The Morgan fingerprint density at radius 1 is 1.02 bits per heavy atom. The first-order valence-electron chi connectivity index (χ1n) is 16.4. The number of nitrogens with one attached hydrogen (secondary N) is 3. The number of carbonyl (C=O) groups is 1. The number of hydrogen-bond donors (Lipinski definition) is 4. The lowest BCUT2D eigenvalue weighted by Gasteiger charge is -2.41. The molecule has 4 atom stereocenters. The van der Waals surface area contributed by atoms with Gasteiger partial charge in [0.2, 0.25) is 0 Å². The van der Waals surface area contributed by atoms with Gasteiger partial charge < -0.3 is 24.8 Å². The van der Waals surface area contributed by atoms with Crippen LogP contribution in [0.5, 0.6) is 5.75 Å². The quantitative estimate of drug-likeness (QED) is 0.430. The fraction of sp³-hybridized carbons (Fsp3) is 0.688. The molecule has 228 valence electrons. The molecule has 4 N–H and O–H groups in total. The Morgan fingerprint density at radius 2 is 1.83 bits per heavy atom. The second-order valence-electron chi connectivity index (χ2n) is 13.2. The fourth-order valence-electron chi connectivity index (χ4n) is 8.46. The molecule has 0 radical (unpaired) electrons. The van der Waals surface area contributed by atoms with E-state index in [9.17, 15) is 14.3 Å². The molecule has 7 rings (SSSR count). The first-order chi connectivity index (χ1) is 20.5. The number of hydrogen-bond acceptors (Lipinski definition) is 6. The second-order valence-corrected chi connectivity index (χ2v) is 13.2. The Hall–Kier alpha value is -2.69. The number of aromatic amines is 1. The third-order valence-electron chi connectivity index (χ3n) is 10.8. The second kappa shape index (κ2) is 11.8. The molecule has 9 nitrogen and oxygen atoms in total. The maximum Gasteiger partial charge on any atom is 0.320 e. The molecule has 0 spiro atoms. The minimum absolute atomic E-state index is 0.0849. The Morgan fingerprint density at radius 3 is 2.62 bits per heavy atom. The van der Waals surface area contributed by atoms with Crippen LogP contribution in [0.15, 0.2) is 12.1 Å². The topological polar surface area (TPSA) is 99.8 Å². The number of aromatic hydroxyl groups is 1. The van der Waals surface area contributed by atoms with Gasteiger partial charge in [-0.05, 0) is 99.6 Å². The third-order valence-corrected chi connectivity index (χ3v) is 10.8. The Kier molecular flexibility index (Phi) is 7.88. The normalized spacial score (nSPS) is 29.0. The number of phenols is 1. The molecular formula is C32H46FN7O2. The van der Waals surface area contributed by atoms with Crippen molar-refractivity contribution in [2.45, 2.75) is 102 Å². The summed E-state index contributed by atoms with van der Waals surface area (Å²) in [4.78, 5) is 28.8. The number of aromatic nitrogens is 2. The van der Waals surface area contributed by atoms with Crippen molar-refractivity contribution in [2.24, 2.45) is 5.92 Å². The van der Waals surface area contributed by atoms with Gasteiger partial charge in [0, 0.05) is 38.1 Å². The highest BCUT2D eigenvalue weighted by molar-refractivity contribution is 5.74. The SMILES string of the molecule is CCc1cc(O)c(F)cc1C1CCC2C(C1)NNC2c1nc2c([nH]1)CN(C(=O)N1CCC(N3CCCCC3)CC1)CC2. The first kappa shape index (κ1) is 28.1. The summed E-state index contributed by atoms with van der Waals surface area (Å²) in [5.74, 6) is 0.818. The maximum atomic E-state index is 14.3. The summed E-state index contributed by atoms with van der Waals surface area (Å²) >= 11 is 0. The number of H-pyrrole nitrogens is 1. The van der Waals surface area contributed by atoms with Crippen molar-refractivity contribution in [2.75, 3.05) is 32.7 Å². The smallest absolute Gasteiger partial charge is 0.320 e. The summed E-state index contributed by atoms with van der Waals surface area (Å²) in [6.45, 7) is 7.53. The van der Waals surface area contributed by atoms with Crippen molar-refractivity contribution in [3.8, 4) is 5.75 Å². The highest BCUT2D eigenvalue weighted by Crippen LogP contribution is 2.44. The number of urea groups is 1. The molecule has 4 unspecified atom stereocenters. The number of rotatable bonds is 4. The van der Waals surface area contributed by atoms with Crippen LogP contribution in [0.3, 0.4) is 0 Å². The summed E-state index contributed by atoms with van der Waals surface area (Å²) in [5, 5.41) is 9.87. The molecule has 1 aromatic carbocycles. The van der Waals surface area contributed by atoms with E-state index >= 15 is 0 Å². The lowest BCUT2D eigenvalue weighted by molar-refractivity contribution is 0.0873. The average Bonchev–Trinajstić information content (AvgIpc) is 3.65. The fourth-order valence-corrected chi connectivity index (χ4v) is 8.46. The monoisotopic (exact) mass is 579 g/mol. The summed E-state index contributed by atoms with van der Waals surface area (Å²) in [5.41, 5.74) is 11.3. The molecule has 10 heteroatoms. The van der Waals surface area contributed by atoms with Crippen LogP contribution in [-0.4, -0.2) is 80.6 Å². The van der Waals surface area contributed by atoms with E-state index in [4.69, 9.17) is 4.98 Å². The van der Waals surface area contributed by atoms with Crippen molar-refractivity contribution in [1.82, 2.24) is 35.5 Å². The summed E-state index contributed by atoms with van der Waals surface area (Å²) in [7, 11) is 0. The molecule has 0 bridgehead atoms. The van der Waals surface area contributed by atoms with Crippen molar-refractivity contribution in [3.63, 3.8) is 0 Å². The number of halogens is 1. The highest BCUT2D eigenvalue weighted by Gasteiger charge is 2.43. The lowest BCUT2D eigenvalue weighted by Crippen LogP contribution is -2.52. The Labute approximate surface area is 248 Å². The zero-order chi connectivity index (χ0) is 28.8. The van der Waals surface area contributed by atoms with E-state index in [1.165, 1.54) is 32.4 Å². The molecule has 1 aromatic heterocycles. The number of fused-ring (bicyclic) bond motifs is 2. The molecular weight excluding hydrogens is 533 g/mol. The number of imidazole rings is 1. The van der Waals surface area contributed by atoms with Gasteiger partial charge in [-0.25, -0.2) is 19.6 Å². The maximum absolute atomic E-state index is 14.3. The standard InChI is InChI=1S/C32H46FN7O2/c1-2-20-17-29(41)25(33)18-24(20)21-6-7-23-27(16-21)36-37-30(23)31-34-26-10-15-40(19-28(26)35-31)32(42)39-13-8-22(9-14-39)38-11-4-3-5-12-38/h17-18,21-23,27,30,36-37,41H,2-16,19H2,1H3,(H,34,35). The highest BCUT2D eigenvalue weighted by atomic mass is 19.1. The van der Waals surface area contributed by atoms with Gasteiger partial charge in [0.25, 0.3) is 0 Å². The van der Waals surface area contributed by atoms with Crippen molar-refractivity contribution < 1.29 is 14.3 Å². The van der Waals surface area contributed by atoms with Crippen LogP contribution in [0.25, 0.3) is 0 Å². The van der Waals surface area contributed by atoms with Crippen LogP contribution in [0, 0.1) is 11.7 Å². The van der Waals surface area contributed by atoms with Crippen molar-refractivity contribution in [1.29, 1.82) is 0 Å². The van der Waals surface area contributed by atoms with Gasteiger partial charge in [-0.2, -0.15) is 0 Å². The van der Waals surface area contributed by atoms with Crippen LogP contribution in [0.4, 0.5) is 9.18 Å². The number of amides is 2. The molecule has 1 aliphatic carbocycles. The van der Waals surface area contributed by atoms with Gasteiger partial charge >= 0.3 is 6.03 Å². The molecule has 4 fully saturated rings. The van der Waals surface area contributed by atoms with Crippen LogP contribution in [-0.2, 0) is 19.4 Å². The molecule has 5 aliphatic rings. The van der Waals surface area contributed by atoms with Crippen LogP contribution >= 0.6 is 0 Å². The van der Waals surface area contributed by atoms with Gasteiger partial charge in [0.15, 0.2) is 11.6 Å². The van der Waals surface area contributed by atoms with E-state index in [1.54, 1.807) is 12.1 Å². The predicted molar refractivity (Wildman–Crippen MR) is 158 cm³/mol. The number of phenolic OH excluding ortho intramolecular Hbond substituents is 1. The van der Waals surface area contributed by atoms with Gasteiger partial charge in [-0.15, -0.1) is 0 Å². The molecule has 2 amide bonds. The van der Waals surface area contributed by atoms with E-state index in [1.807, 2.05) is 4.90 Å². The van der Waals surface area contributed by atoms with E-state index in [-0.39, 0.29) is 29.8 Å². The number of aryl methyl sites for hydroxylation is 1. The average molecular weight is 580 g/mol. The van der Waals surface area contributed by atoms with Gasteiger partial charge in [-0.3, -0.25) is 5.43 Å². The van der Waals surface area contributed by atoms with Crippen LogP contribution in [0.2, 0.25) is 0 Å². The molecule has 4 aliphatic heterocycles. The summed E-state index contributed by atoms with van der Waals surface area (Å²) in [6, 6.07) is 4.30. The Balaban J connectivity index is 0.964. The number of likely N-dealkylation sites (tertiary alicyclic amines) is 2. The van der Waals surface area contributed by atoms with Gasteiger partial charge in [0.05, 0.1) is 24.0 Å². The Bertz CT molecular complexity index is 1290. The van der Waals surface area contributed by atoms with Crippen LogP contribution in [0.1, 0.15) is 98.6 Å². The largest absolute Gasteiger partial charge is 0.505 e. The van der Waals surface area contributed by atoms with Crippen LogP contribution < -0.4 is 10.9 Å². The molecule has 1 saturated carbocycles. The minimum Gasteiger partial charge on any atom is -0.505 e. The van der Waals surface area contributed by atoms with Gasteiger partial charge in [0.1, 0.15) is 5.82 Å². The number of benzene rings is 1. The van der Waals surface area contributed by atoms with E-state index in [0.29, 0.717) is 18.5 Å². The zero-order valence-electron chi connectivity index (χ0n) is 24.9. The van der Waals surface area contributed by atoms with E-state index in [0.717, 1.165) is 92.9 Å². The summed E-state index contributed by atoms with van der Waals surface area (Å²) in [6.07, 6.45) is 10.6. The van der Waals surface area contributed by atoms with Crippen molar-refractivity contribution in [3.05, 3.63) is 46.3 Å². The molecule has 42 heavy (non-hydrogen) atoms. The molecule has 5 heterocycles. The van der Waals surface area contributed by atoms with E-state index < -0.39 is 5.82 Å². The number of nitrogens with zero attached hydrogens (tertiary/aromatic N) is 4. The molecule has 2 aromatic rings. The number of hydrazine groups is 1. The summed E-state index contributed by atoms with van der Waals surface area (Å²) < 4.78 is 14.3. The van der Waals surface area contributed by atoms with Gasteiger partial charge in [-0.1, -0.05) is 13.3 Å². The van der Waals surface area contributed by atoms with Crippen molar-refractivity contribution >= 4 is 6.03 Å². The lowest BCUT2D eigenvalue weighted by atomic mass is 9.73. The predicted octanol–water partition coefficient (Wildman–Crippen LogP) is 4.35. The van der Waals surface area contributed by atoms with E-state index in [2.05, 4.69) is 32.6 Å². The minimum atomic E-state index is -0.532. The first-order valence-corrected chi connectivity index (χ1v) is 16.4.